The van der Waals surface area contributed by atoms with Gasteiger partial charge in [0.2, 0.25) is 0 Å². The van der Waals surface area contributed by atoms with Crippen molar-refractivity contribution in [1.82, 2.24) is 9.97 Å². The molecule has 2 atom stereocenters. The SMILES string of the molecule is COc1cc2c(N3CCCC4CCCC43)ncnc2cc1F. The van der Waals surface area contributed by atoms with E-state index in [2.05, 4.69) is 14.9 Å². The Kier molecular flexibility index (Phi) is 3.36. The minimum absolute atomic E-state index is 0.253. The van der Waals surface area contributed by atoms with E-state index in [1.807, 2.05) is 0 Å². The van der Waals surface area contributed by atoms with Crippen LogP contribution in [0.5, 0.6) is 5.75 Å². The third-order valence-corrected chi connectivity index (χ3v) is 5.15. The van der Waals surface area contributed by atoms with E-state index in [1.165, 1.54) is 45.3 Å². The number of fused-ring (bicyclic) bond motifs is 2. The van der Waals surface area contributed by atoms with Crippen molar-refractivity contribution in [2.45, 2.75) is 38.1 Å². The molecule has 0 amide bonds. The third-order valence-electron chi connectivity index (χ3n) is 5.15. The zero-order valence-electron chi connectivity index (χ0n) is 12.8. The fourth-order valence-electron chi connectivity index (χ4n) is 4.15. The highest BCUT2D eigenvalue weighted by atomic mass is 19.1. The normalized spacial score (nSPS) is 24.5. The summed E-state index contributed by atoms with van der Waals surface area (Å²) in [6.07, 6.45) is 7.92. The second kappa shape index (κ2) is 5.38. The number of methoxy groups -OCH3 is 1. The number of benzene rings is 1. The number of halogens is 1. The molecule has 0 spiro atoms. The lowest BCUT2D eigenvalue weighted by Gasteiger charge is -2.39. The van der Waals surface area contributed by atoms with E-state index in [0.29, 0.717) is 11.6 Å². The van der Waals surface area contributed by atoms with Gasteiger partial charge in [-0.1, -0.05) is 6.42 Å². The molecule has 116 valence electrons. The fourth-order valence-corrected chi connectivity index (χ4v) is 4.15. The van der Waals surface area contributed by atoms with E-state index >= 15 is 0 Å². The molecule has 1 aromatic carbocycles. The van der Waals surface area contributed by atoms with E-state index in [0.717, 1.165) is 23.7 Å². The van der Waals surface area contributed by atoms with E-state index in [1.54, 1.807) is 12.4 Å². The number of ether oxygens (including phenoxy) is 1. The maximum Gasteiger partial charge on any atom is 0.167 e. The average Bonchev–Trinajstić information content (AvgIpc) is 3.02. The van der Waals surface area contributed by atoms with Crippen LogP contribution in [0.2, 0.25) is 0 Å². The molecule has 0 bridgehead atoms. The van der Waals surface area contributed by atoms with Crippen molar-refractivity contribution >= 4 is 16.7 Å². The topological polar surface area (TPSA) is 38.2 Å². The lowest BCUT2D eigenvalue weighted by Crippen LogP contribution is -2.43. The predicted octanol–water partition coefficient (Wildman–Crippen LogP) is 3.55. The van der Waals surface area contributed by atoms with Crippen molar-refractivity contribution in [3.05, 3.63) is 24.3 Å². The zero-order chi connectivity index (χ0) is 15.1. The third kappa shape index (κ3) is 2.11. The summed E-state index contributed by atoms with van der Waals surface area (Å²) < 4.78 is 19.0. The number of rotatable bonds is 2. The molecule has 1 saturated heterocycles. The van der Waals surface area contributed by atoms with Gasteiger partial charge in [0.05, 0.1) is 12.6 Å². The van der Waals surface area contributed by atoms with Gasteiger partial charge in [0.1, 0.15) is 12.1 Å². The molecule has 2 heterocycles. The van der Waals surface area contributed by atoms with Crippen LogP contribution in [-0.2, 0) is 0 Å². The van der Waals surface area contributed by atoms with Crippen molar-refractivity contribution < 1.29 is 9.13 Å². The molecule has 0 N–H and O–H groups in total. The number of hydrogen-bond donors (Lipinski definition) is 0. The summed E-state index contributed by atoms with van der Waals surface area (Å²) in [6.45, 7) is 1.02. The summed E-state index contributed by atoms with van der Waals surface area (Å²) in [7, 11) is 1.49. The van der Waals surface area contributed by atoms with Gasteiger partial charge >= 0.3 is 0 Å². The Labute approximate surface area is 129 Å². The number of aromatic nitrogens is 2. The summed E-state index contributed by atoms with van der Waals surface area (Å²) in [5, 5.41) is 0.883. The van der Waals surface area contributed by atoms with E-state index in [-0.39, 0.29) is 11.6 Å². The largest absolute Gasteiger partial charge is 0.494 e. The van der Waals surface area contributed by atoms with Crippen LogP contribution >= 0.6 is 0 Å². The van der Waals surface area contributed by atoms with Crippen LogP contribution in [0.1, 0.15) is 32.1 Å². The lowest BCUT2D eigenvalue weighted by molar-refractivity contribution is 0.361. The van der Waals surface area contributed by atoms with Gasteiger partial charge in [-0.05, 0) is 37.7 Å². The van der Waals surface area contributed by atoms with Gasteiger partial charge in [-0.2, -0.15) is 0 Å². The van der Waals surface area contributed by atoms with Crippen molar-refractivity contribution in [2.24, 2.45) is 5.92 Å². The fraction of sp³-hybridized carbons (Fsp3) is 0.529. The van der Waals surface area contributed by atoms with Crippen LogP contribution < -0.4 is 9.64 Å². The summed E-state index contributed by atoms with van der Waals surface area (Å²) in [4.78, 5) is 11.2. The highest BCUT2D eigenvalue weighted by molar-refractivity contribution is 5.90. The molecule has 5 heteroatoms. The Hall–Kier alpha value is -1.91. The molecule has 2 aliphatic rings. The minimum atomic E-state index is -0.378. The van der Waals surface area contributed by atoms with Gasteiger partial charge in [0.25, 0.3) is 0 Å². The monoisotopic (exact) mass is 301 g/mol. The van der Waals surface area contributed by atoms with E-state index < -0.39 is 0 Å². The zero-order valence-corrected chi connectivity index (χ0v) is 12.8. The molecule has 1 saturated carbocycles. The number of hydrogen-bond acceptors (Lipinski definition) is 4. The molecule has 22 heavy (non-hydrogen) atoms. The van der Waals surface area contributed by atoms with Gasteiger partial charge in [0.15, 0.2) is 11.6 Å². The van der Waals surface area contributed by atoms with Gasteiger partial charge in [0, 0.05) is 24.0 Å². The summed E-state index contributed by atoms with van der Waals surface area (Å²) in [5.41, 5.74) is 0.642. The van der Waals surface area contributed by atoms with E-state index in [9.17, 15) is 4.39 Å². The smallest absolute Gasteiger partial charge is 0.167 e. The Morgan fingerprint density at radius 2 is 2.05 bits per heavy atom. The predicted molar refractivity (Wildman–Crippen MR) is 83.8 cm³/mol. The van der Waals surface area contributed by atoms with Crippen molar-refractivity contribution in [1.29, 1.82) is 0 Å². The molecule has 2 fully saturated rings. The van der Waals surface area contributed by atoms with Crippen LogP contribution in [0.15, 0.2) is 18.5 Å². The second-order valence-electron chi connectivity index (χ2n) is 6.30. The maximum atomic E-state index is 13.9. The highest BCUT2D eigenvalue weighted by Crippen LogP contribution is 2.40. The molecule has 1 aliphatic carbocycles. The molecule has 2 unspecified atom stereocenters. The Morgan fingerprint density at radius 3 is 2.91 bits per heavy atom. The van der Waals surface area contributed by atoms with Gasteiger partial charge in [-0.15, -0.1) is 0 Å². The van der Waals surface area contributed by atoms with Gasteiger partial charge in [-0.3, -0.25) is 0 Å². The highest BCUT2D eigenvalue weighted by Gasteiger charge is 2.36. The average molecular weight is 301 g/mol. The summed E-state index contributed by atoms with van der Waals surface area (Å²) >= 11 is 0. The van der Waals surface area contributed by atoms with Crippen molar-refractivity contribution in [2.75, 3.05) is 18.6 Å². The molecule has 0 radical (unpaired) electrons. The van der Waals surface area contributed by atoms with Crippen LogP contribution in [0.4, 0.5) is 10.2 Å². The molecule has 2 aromatic rings. The van der Waals surface area contributed by atoms with Crippen LogP contribution in [-0.4, -0.2) is 29.7 Å². The molecule has 4 rings (SSSR count). The summed E-state index contributed by atoms with van der Waals surface area (Å²) in [6, 6.07) is 3.75. The molecular weight excluding hydrogens is 281 g/mol. The number of piperidine rings is 1. The minimum Gasteiger partial charge on any atom is -0.494 e. The van der Waals surface area contributed by atoms with Crippen molar-refractivity contribution in [3.63, 3.8) is 0 Å². The molecule has 4 nitrogen and oxygen atoms in total. The lowest BCUT2D eigenvalue weighted by atomic mass is 9.92. The summed E-state index contributed by atoms with van der Waals surface area (Å²) in [5.74, 6) is 1.58. The van der Waals surface area contributed by atoms with Gasteiger partial charge < -0.3 is 9.64 Å². The molecule has 1 aromatic heterocycles. The second-order valence-corrected chi connectivity index (χ2v) is 6.30. The van der Waals surface area contributed by atoms with Crippen LogP contribution in [0.3, 0.4) is 0 Å². The Balaban J connectivity index is 1.83. The van der Waals surface area contributed by atoms with Gasteiger partial charge in [-0.25, -0.2) is 14.4 Å². The number of anilines is 1. The first-order valence-electron chi connectivity index (χ1n) is 8.03. The maximum absolute atomic E-state index is 13.9. The first-order chi connectivity index (χ1) is 10.8. The first-order valence-corrected chi connectivity index (χ1v) is 8.03. The first kappa shape index (κ1) is 13.7. The Bertz CT molecular complexity index is 706. The number of nitrogens with zero attached hydrogens (tertiary/aromatic N) is 3. The molecule has 1 aliphatic heterocycles. The Morgan fingerprint density at radius 1 is 1.18 bits per heavy atom. The van der Waals surface area contributed by atoms with E-state index in [4.69, 9.17) is 4.74 Å². The van der Waals surface area contributed by atoms with Crippen LogP contribution in [0, 0.1) is 11.7 Å². The standard InChI is InChI=1S/C17H20FN3O/c1-22-16-8-12-14(9-13(16)18)19-10-20-17(12)21-7-3-5-11-4-2-6-15(11)21/h8-11,15H,2-7H2,1H3. The van der Waals surface area contributed by atoms with Crippen molar-refractivity contribution in [3.8, 4) is 5.75 Å². The quantitative estimate of drug-likeness (QED) is 0.850. The molecular formula is C17H20FN3O. The van der Waals surface area contributed by atoms with Crippen LogP contribution in [0.25, 0.3) is 10.9 Å².